The second kappa shape index (κ2) is 7.39. The van der Waals surface area contributed by atoms with Crippen LogP contribution in [0.25, 0.3) is 0 Å². The van der Waals surface area contributed by atoms with Gasteiger partial charge in [0, 0.05) is 24.3 Å². The molecule has 2 aromatic rings. The summed E-state index contributed by atoms with van der Waals surface area (Å²) in [5.74, 6) is -0.238. The van der Waals surface area contributed by atoms with Crippen LogP contribution in [0, 0.1) is 6.92 Å². The summed E-state index contributed by atoms with van der Waals surface area (Å²) in [6.45, 7) is 2.28. The van der Waals surface area contributed by atoms with Crippen molar-refractivity contribution in [1.82, 2.24) is 4.31 Å². The number of sulfonamides is 1. The predicted octanol–water partition coefficient (Wildman–Crippen LogP) is 3.25. The highest BCUT2D eigenvalue weighted by Gasteiger charge is 2.29. The number of fused-ring (bicyclic) bond motifs is 1. The number of carbonyl (C=O) groups excluding carboxylic acids is 1. The van der Waals surface area contributed by atoms with Gasteiger partial charge in [-0.05, 0) is 55.2 Å². The summed E-state index contributed by atoms with van der Waals surface area (Å²) in [4.78, 5) is 14.7. The normalized spacial score (nSPS) is 14.4. The minimum absolute atomic E-state index is 0.178. The van der Waals surface area contributed by atoms with E-state index in [1.54, 1.807) is 23.1 Å². The van der Waals surface area contributed by atoms with Crippen LogP contribution < -0.4 is 4.90 Å². The lowest BCUT2D eigenvalue weighted by Crippen LogP contribution is -2.43. The van der Waals surface area contributed by atoms with E-state index in [0.29, 0.717) is 11.6 Å². The van der Waals surface area contributed by atoms with Crippen molar-refractivity contribution in [3.63, 3.8) is 0 Å². The largest absolute Gasteiger partial charge is 0.311 e. The first-order valence-corrected chi connectivity index (χ1v) is 10.2. The second-order valence-corrected chi connectivity index (χ2v) is 8.93. The number of rotatable bonds is 4. The summed E-state index contributed by atoms with van der Waals surface area (Å²) in [5, 5.41) is 0.652. The zero-order chi connectivity index (χ0) is 18.9. The molecule has 138 valence electrons. The van der Waals surface area contributed by atoms with Gasteiger partial charge in [-0.1, -0.05) is 29.8 Å². The Kier molecular flexibility index (Phi) is 5.37. The van der Waals surface area contributed by atoms with Crippen LogP contribution in [-0.4, -0.2) is 38.8 Å². The molecule has 3 rings (SSSR count). The fraction of sp³-hybridized carbons (Fsp3) is 0.316. The van der Waals surface area contributed by atoms with Gasteiger partial charge in [-0.25, -0.2) is 8.42 Å². The summed E-state index contributed by atoms with van der Waals surface area (Å²) in [6.07, 6.45) is 1.69. The van der Waals surface area contributed by atoms with Crippen molar-refractivity contribution in [2.24, 2.45) is 0 Å². The molecule has 1 amide bonds. The SMILES string of the molecule is Cc1cc(Cl)cc2c1N(C(=O)CN(C)S(=O)(=O)c1ccccc1)CCC2. The zero-order valence-corrected chi connectivity index (χ0v) is 16.3. The standard InChI is InChI=1S/C19H21ClN2O3S/c1-14-11-16(20)12-15-7-6-10-22(19(14)15)18(23)13-21(2)26(24,25)17-8-4-3-5-9-17/h3-5,8-9,11-12H,6-7,10,13H2,1-2H3. The molecule has 0 saturated carbocycles. The first-order chi connectivity index (χ1) is 12.3. The molecule has 0 fully saturated rings. The zero-order valence-electron chi connectivity index (χ0n) is 14.8. The summed E-state index contributed by atoms with van der Waals surface area (Å²) < 4.78 is 26.4. The predicted molar refractivity (Wildman–Crippen MR) is 103 cm³/mol. The van der Waals surface area contributed by atoms with Gasteiger partial charge in [0.1, 0.15) is 0 Å². The fourth-order valence-corrected chi connectivity index (χ4v) is 4.74. The van der Waals surface area contributed by atoms with Crippen molar-refractivity contribution in [3.8, 4) is 0 Å². The number of carbonyl (C=O) groups is 1. The summed E-state index contributed by atoms with van der Waals surface area (Å²) in [7, 11) is -2.27. The van der Waals surface area contributed by atoms with Gasteiger partial charge >= 0.3 is 0 Å². The molecule has 0 unspecified atom stereocenters. The molecule has 26 heavy (non-hydrogen) atoms. The van der Waals surface area contributed by atoms with Crippen molar-refractivity contribution < 1.29 is 13.2 Å². The summed E-state index contributed by atoms with van der Waals surface area (Å²) in [6, 6.07) is 11.8. The number of halogens is 1. The van der Waals surface area contributed by atoms with E-state index in [1.165, 1.54) is 19.2 Å². The first-order valence-electron chi connectivity index (χ1n) is 8.41. The topological polar surface area (TPSA) is 57.7 Å². The number of hydrogen-bond acceptors (Lipinski definition) is 3. The Morgan fingerprint density at radius 1 is 1.23 bits per heavy atom. The van der Waals surface area contributed by atoms with Crippen molar-refractivity contribution in [2.45, 2.75) is 24.7 Å². The van der Waals surface area contributed by atoms with Gasteiger partial charge in [-0.2, -0.15) is 4.31 Å². The molecule has 0 aliphatic carbocycles. The molecule has 0 atom stereocenters. The van der Waals surface area contributed by atoms with Crippen molar-refractivity contribution in [1.29, 1.82) is 0 Å². The van der Waals surface area contributed by atoms with E-state index < -0.39 is 10.0 Å². The molecule has 0 bridgehead atoms. The molecule has 2 aromatic carbocycles. The fourth-order valence-electron chi connectivity index (χ4n) is 3.30. The molecule has 1 aliphatic heterocycles. The third-order valence-electron chi connectivity index (χ3n) is 4.55. The highest BCUT2D eigenvalue weighted by molar-refractivity contribution is 7.89. The number of hydrogen-bond donors (Lipinski definition) is 0. The lowest BCUT2D eigenvalue weighted by atomic mass is 9.98. The third kappa shape index (κ3) is 3.63. The van der Waals surface area contributed by atoms with E-state index in [1.807, 2.05) is 19.1 Å². The Morgan fingerprint density at radius 2 is 1.92 bits per heavy atom. The lowest BCUT2D eigenvalue weighted by molar-refractivity contribution is -0.118. The number of nitrogens with zero attached hydrogens (tertiary/aromatic N) is 2. The molecule has 0 N–H and O–H groups in total. The van der Waals surface area contributed by atoms with Crippen molar-refractivity contribution >= 4 is 33.2 Å². The maximum absolute atomic E-state index is 12.9. The molecule has 0 spiro atoms. The highest BCUT2D eigenvalue weighted by atomic mass is 35.5. The molecule has 1 heterocycles. The van der Waals surface area contributed by atoms with E-state index in [2.05, 4.69) is 0 Å². The molecule has 0 saturated heterocycles. The molecule has 5 nitrogen and oxygen atoms in total. The molecule has 1 aliphatic rings. The Morgan fingerprint density at radius 3 is 2.62 bits per heavy atom. The van der Waals surface area contributed by atoms with E-state index in [0.717, 1.165) is 34.0 Å². The average Bonchev–Trinajstić information content (AvgIpc) is 2.61. The lowest BCUT2D eigenvalue weighted by Gasteiger charge is -2.32. The third-order valence-corrected chi connectivity index (χ3v) is 6.59. The van der Waals surface area contributed by atoms with Gasteiger partial charge in [0.05, 0.1) is 11.4 Å². The number of likely N-dealkylation sites (N-methyl/N-ethyl adjacent to an activating group) is 1. The quantitative estimate of drug-likeness (QED) is 0.802. The number of aryl methyl sites for hydroxylation is 2. The minimum atomic E-state index is -3.70. The first kappa shape index (κ1) is 18.9. The van der Waals surface area contributed by atoms with Crippen LogP contribution in [0.5, 0.6) is 0 Å². The maximum atomic E-state index is 12.9. The van der Waals surface area contributed by atoms with Gasteiger partial charge in [0.15, 0.2) is 0 Å². The van der Waals surface area contributed by atoms with E-state index in [4.69, 9.17) is 11.6 Å². The highest BCUT2D eigenvalue weighted by Crippen LogP contribution is 2.33. The Balaban J connectivity index is 1.84. The summed E-state index contributed by atoms with van der Waals surface area (Å²) in [5.41, 5.74) is 2.81. The summed E-state index contributed by atoms with van der Waals surface area (Å²) >= 11 is 6.13. The monoisotopic (exact) mass is 392 g/mol. The van der Waals surface area contributed by atoms with E-state index in [-0.39, 0.29) is 17.3 Å². The second-order valence-electron chi connectivity index (χ2n) is 6.45. The van der Waals surface area contributed by atoms with Gasteiger partial charge < -0.3 is 4.90 Å². The van der Waals surface area contributed by atoms with Gasteiger partial charge in [0.2, 0.25) is 15.9 Å². The number of benzene rings is 2. The average molecular weight is 393 g/mol. The van der Waals surface area contributed by atoms with Gasteiger partial charge in [-0.15, -0.1) is 0 Å². The van der Waals surface area contributed by atoms with Crippen LogP contribution in [0.2, 0.25) is 5.02 Å². The van der Waals surface area contributed by atoms with Crippen LogP contribution in [0.15, 0.2) is 47.4 Å². The Hall–Kier alpha value is -1.89. The molecule has 0 radical (unpaired) electrons. The molecule has 0 aromatic heterocycles. The van der Waals surface area contributed by atoms with Crippen molar-refractivity contribution in [2.75, 3.05) is 25.0 Å². The maximum Gasteiger partial charge on any atom is 0.243 e. The Labute approximate surface area is 159 Å². The minimum Gasteiger partial charge on any atom is -0.311 e. The number of amides is 1. The van der Waals surface area contributed by atoms with Gasteiger partial charge in [-0.3, -0.25) is 4.79 Å². The van der Waals surface area contributed by atoms with E-state index >= 15 is 0 Å². The van der Waals surface area contributed by atoms with Crippen LogP contribution in [0.4, 0.5) is 5.69 Å². The molecular formula is C19H21ClN2O3S. The smallest absolute Gasteiger partial charge is 0.243 e. The van der Waals surface area contributed by atoms with Crippen LogP contribution >= 0.6 is 11.6 Å². The van der Waals surface area contributed by atoms with Crippen LogP contribution in [-0.2, 0) is 21.2 Å². The molecular weight excluding hydrogens is 372 g/mol. The Bertz CT molecular complexity index is 929. The van der Waals surface area contributed by atoms with Crippen LogP contribution in [0.3, 0.4) is 0 Å². The number of anilines is 1. The van der Waals surface area contributed by atoms with Crippen molar-refractivity contribution in [3.05, 3.63) is 58.6 Å². The van der Waals surface area contributed by atoms with Crippen LogP contribution in [0.1, 0.15) is 17.5 Å². The van der Waals surface area contributed by atoms with Gasteiger partial charge in [0.25, 0.3) is 0 Å². The molecule has 7 heteroatoms. The van der Waals surface area contributed by atoms with E-state index in [9.17, 15) is 13.2 Å².